The largest absolute Gasteiger partial charge is 0.459 e. The van der Waals surface area contributed by atoms with Gasteiger partial charge in [-0.1, -0.05) is 31.2 Å². The number of thiazole rings is 1. The number of aryl methyl sites for hydroxylation is 1. The first-order chi connectivity index (χ1) is 12.6. The van der Waals surface area contributed by atoms with Crippen LogP contribution >= 0.6 is 11.3 Å². The molecular formula is C19H19N3O3S. The third-order valence-corrected chi connectivity index (χ3v) is 4.64. The van der Waals surface area contributed by atoms with E-state index in [1.165, 1.54) is 29.2 Å². The summed E-state index contributed by atoms with van der Waals surface area (Å²) in [6.45, 7) is 3.71. The first-order valence-corrected chi connectivity index (χ1v) is 9.15. The van der Waals surface area contributed by atoms with Crippen molar-refractivity contribution in [2.24, 2.45) is 0 Å². The van der Waals surface area contributed by atoms with E-state index in [1.54, 1.807) is 13.0 Å². The van der Waals surface area contributed by atoms with Crippen LogP contribution < -0.4 is 10.6 Å². The lowest BCUT2D eigenvalue weighted by Gasteiger charge is -2.11. The van der Waals surface area contributed by atoms with Gasteiger partial charge in [0.25, 0.3) is 5.91 Å². The molecule has 2 N–H and O–H groups in total. The molecule has 6 nitrogen and oxygen atoms in total. The summed E-state index contributed by atoms with van der Waals surface area (Å²) in [5, 5.41) is 7.69. The van der Waals surface area contributed by atoms with Crippen molar-refractivity contribution in [3.63, 3.8) is 0 Å². The van der Waals surface area contributed by atoms with Crippen LogP contribution in [0, 0.1) is 0 Å². The van der Waals surface area contributed by atoms with Gasteiger partial charge in [-0.25, -0.2) is 4.98 Å². The summed E-state index contributed by atoms with van der Waals surface area (Å²) in [6, 6.07) is 10.6. The Balaban J connectivity index is 1.60. The van der Waals surface area contributed by atoms with Crippen LogP contribution in [0.15, 0.2) is 52.5 Å². The van der Waals surface area contributed by atoms with Gasteiger partial charge in [-0.15, -0.1) is 11.3 Å². The molecule has 26 heavy (non-hydrogen) atoms. The normalized spacial score (nSPS) is 11.8. The molecular weight excluding hydrogens is 350 g/mol. The number of carbonyl (C=O) groups is 2. The second kappa shape index (κ2) is 7.97. The van der Waals surface area contributed by atoms with Crippen molar-refractivity contribution in [2.45, 2.75) is 26.3 Å². The van der Waals surface area contributed by atoms with Gasteiger partial charge >= 0.3 is 0 Å². The minimum Gasteiger partial charge on any atom is -0.459 e. The van der Waals surface area contributed by atoms with Crippen molar-refractivity contribution in [3.05, 3.63) is 59.4 Å². The topological polar surface area (TPSA) is 84.2 Å². The lowest BCUT2D eigenvalue weighted by molar-refractivity contribution is -0.117. The fourth-order valence-corrected chi connectivity index (χ4v) is 3.05. The van der Waals surface area contributed by atoms with E-state index in [1.807, 2.05) is 17.5 Å². The van der Waals surface area contributed by atoms with Crippen molar-refractivity contribution in [1.29, 1.82) is 0 Å². The Kier molecular flexibility index (Phi) is 5.48. The summed E-state index contributed by atoms with van der Waals surface area (Å²) in [6.07, 6.45) is 2.39. The van der Waals surface area contributed by atoms with E-state index >= 15 is 0 Å². The van der Waals surface area contributed by atoms with E-state index in [-0.39, 0.29) is 11.7 Å². The third-order valence-electron chi connectivity index (χ3n) is 3.88. The molecule has 0 saturated carbocycles. The minimum atomic E-state index is -0.719. The fourth-order valence-electron chi connectivity index (χ4n) is 2.33. The van der Waals surface area contributed by atoms with E-state index in [4.69, 9.17) is 4.42 Å². The highest BCUT2D eigenvalue weighted by molar-refractivity contribution is 7.14. The molecule has 2 heterocycles. The Morgan fingerprint density at radius 1 is 1.23 bits per heavy atom. The molecule has 7 heteroatoms. The van der Waals surface area contributed by atoms with Crippen LogP contribution in [0.2, 0.25) is 0 Å². The summed E-state index contributed by atoms with van der Waals surface area (Å²) in [5.41, 5.74) is 3.07. The number of nitrogens with one attached hydrogen (secondary N) is 2. The predicted molar refractivity (Wildman–Crippen MR) is 101 cm³/mol. The molecule has 3 rings (SSSR count). The predicted octanol–water partition coefficient (Wildman–Crippen LogP) is 3.72. The SMILES string of the molecule is CCc1ccc(-c2csc(NC(=O)C(C)NC(=O)c3ccco3)n2)cc1. The summed E-state index contributed by atoms with van der Waals surface area (Å²) in [7, 11) is 0. The van der Waals surface area contributed by atoms with Gasteiger partial charge in [-0.3, -0.25) is 9.59 Å². The van der Waals surface area contributed by atoms with Crippen molar-refractivity contribution in [3.8, 4) is 11.3 Å². The number of anilines is 1. The molecule has 0 aliphatic heterocycles. The first-order valence-electron chi connectivity index (χ1n) is 8.27. The highest BCUT2D eigenvalue weighted by Crippen LogP contribution is 2.25. The van der Waals surface area contributed by atoms with Gasteiger partial charge in [-0.05, 0) is 31.0 Å². The minimum absolute atomic E-state index is 0.164. The van der Waals surface area contributed by atoms with E-state index in [0.29, 0.717) is 5.13 Å². The van der Waals surface area contributed by atoms with Crippen LogP contribution in [0.25, 0.3) is 11.3 Å². The molecule has 0 fully saturated rings. The lowest BCUT2D eigenvalue weighted by atomic mass is 10.1. The molecule has 1 atom stereocenters. The molecule has 134 valence electrons. The summed E-state index contributed by atoms with van der Waals surface area (Å²) in [4.78, 5) is 28.6. The number of aromatic nitrogens is 1. The molecule has 0 aliphatic carbocycles. The summed E-state index contributed by atoms with van der Waals surface area (Å²) in [5.74, 6) is -0.614. The zero-order valence-electron chi connectivity index (χ0n) is 14.5. The molecule has 2 amide bonds. The molecule has 1 unspecified atom stereocenters. The van der Waals surface area contributed by atoms with Crippen molar-refractivity contribution in [2.75, 3.05) is 5.32 Å². The zero-order valence-corrected chi connectivity index (χ0v) is 15.3. The van der Waals surface area contributed by atoms with Gasteiger partial charge in [0.2, 0.25) is 5.91 Å². The highest BCUT2D eigenvalue weighted by Gasteiger charge is 2.19. The van der Waals surface area contributed by atoms with E-state index in [0.717, 1.165) is 17.7 Å². The highest BCUT2D eigenvalue weighted by atomic mass is 32.1. The number of amides is 2. The molecule has 0 aliphatic rings. The van der Waals surface area contributed by atoms with Crippen LogP contribution in [0.3, 0.4) is 0 Å². The van der Waals surface area contributed by atoms with Crippen molar-refractivity contribution < 1.29 is 14.0 Å². The standard InChI is InChI=1S/C19H19N3O3S/c1-3-13-6-8-14(9-7-13)15-11-26-19(21-15)22-17(23)12(2)20-18(24)16-5-4-10-25-16/h4-12H,3H2,1-2H3,(H,20,24)(H,21,22,23). The van der Waals surface area contributed by atoms with Crippen molar-refractivity contribution in [1.82, 2.24) is 10.3 Å². The smallest absolute Gasteiger partial charge is 0.287 e. The van der Waals surface area contributed by atoms with Crippen LogP contribution in [-0.2, 0) is 11.2 Å². The van der Waals surface area contributed by atoms with Crippen LogP contribution in [0.4, 0.5) is 5.13 Å². The number of carbonyl (C=O) groups excluding carboxylic acids is 2. The van der Waals surface area contributed by atoms with E-state index in [2.05, 4.69) is 34.7 Å². The second-order valence-electron chi connectivity index (χ2n) is 5.75. The Morgan fingerprint density at radius 3 is 2.65 bits per heavy atom. The Bertz CT molecular complexity index is 885. The number of benzene rings is 1. The van der Waals surface area contributed by atoms with Crippen molar-refractivity contribution >= 4 is 28.3 Å². The molecule has 0 spiro atoms. The zero-order chi connectivity index (χ0) is 18.5. The molecule has 0 radical (unpaired) electrons. The van der Waals surface area contributed by atoms with Gasteiger partial charge in [0, 0.05) is 10.9 Å². The molecule has 1 aromatic carbocycles. The molecule has 0 bridgehead atoms. The van der Waals surface area contributed by atoms with E-state index < -0.39 is 11.9 Å². The van der Waals surface area contributed by atoms with Gasteiger partial charge in [0.05, 0.1) is 12.0 Å². The van der Waals surface area contributed by atoms with Gasteiger partial charge in [0.15, 0.2) is 10.9 Å². The Labute approximate surface area is 155 Å². The maximum absolute atomic E-state index is 12.3. The monoisotopic (exact) mass is 369 g/mol. The molecule has 3 aromatic rings. The Hall–Kier alpha value is -2.93. The fraction of sp³-hybridized carbons (Fsp3) is 0.211. The van der Waals surface area contributed by atoms with Crippen LogP contribution in [0.1, 0.15) is 30.0 Å². The molecule has 2 aromatic heterocycles. The lowest BCUT2D eigenvalue weighted by Crippen LogP contribution is -2.41. The maximum Gasteiger partial charge on any atom is 0.287 e. The van der Waals surface area contributed by atoms with Crippen LogP contribution in [0.5, 0.6) is 0 Å². The number of hydrogen-bond donors (Lipinski definition) is 2. The van der Waals surface area contributed by atoms with Gasteiger partial charge in [-0.2, -0.15) is 0 Å². The molecule has 0 saturated heterocycles. The number of hydrogen-bond acceptors (Lipinski definition) is 5. The summed E-state index contributed by atoms with van der Waals surface area (Å²) >= 11 is 1.34. The maximum atomic E-state index is 12.3. The quantitative estimate of drug-likeness (QED) is 0.693. The Morgan fingerprint density at radius 2 is 2.00 bits per heavy atom. The van der Waals surface area contributed by atoms with Gasteiger partial charge in [0.1, 0.15) is 6.04 Å². The number of nitrogens with zero attached hydrogens (tertiary/aromatic N) is 1. The first kappa shape index (κ1) is 17.9. The second-order valence-corrected chi connectivity index (χ2v) is 6.61. The summed E-state index contributed by atoms with van der Waals surface area (Å²) < 4.78 is 5.01. The van der Waals surface area contributed by atoms with Crippen LogP contribution in [-0.4, -0.2) is 22.8 Å². The average Bonchev–Trinajstić information content (AvgIpc) is 3.34. The average molecular weight is 369 g/mol. The van der Waals surface area contributed by atoms with Gasteiger partial charge < -0.3 is 15.1 Å². The van der Waals surface area contributed by atoms with E-state index in [9.17, 15) is 9.59 Å². The third kappa shape index (κ3) is 4.18. The number of furan rings is 1. The number of rotatable bonds is 6.